The number of benzene rings is 7. The van der Waals surface area contributed by atoms with Crippen LogP contribution in [0.2, 0.25) is 0 Å². The minimum Gasteiger partial charge on any atom is -0.310 e. The van der Waals surface area contributed by atoms with E-state index in [1.165, 1.54) is 81.5 Å². The zero-order valence-electron chi connectivity index (χ0n) is 29.6. The number of anilines is 3. The maximum Gasteiger partial charge on any atom is 0.0465 e. The zero-order valence-corrected chi connectivity index (χ0v) is 30.4. The molecule has 0 fully saturated rings. The summed E-state index contributed by atoms with van der Waals surface area (Å²) >= 11 is 1.84. The van der Waals surface area contributed by atoms with E-state index in [2.05, 4.69) is 205 Å². The van der Waals surface area contributed by atoms with Crippen LogP contribution in [0.5, 0.6) is 0 Å². The van der Waals surface area contributed by atoms with Crippen LogP contribution in [0.1, 0.15) is 17.0 Å². The quantitative estimate of drug-likeness (QED) is 0.156. The Morgan fingerprint density at radius 2 is 1.11 bits per heavy atom. The third-order valence-electron chi connectivity index (χ3n) is 11.5. The van der Waals surface area contributed by atoms with Gasteiger partial charge in [-0.2, -0.15) is 0 Å². The van der Waals surface area contributed by atoms with Crippen molar-refractivity contribution in [3.8, 4) is 32.0 Å². The van der Waals surface area contributed by atoms with E-state index in [1.54, 1.807) is 0 Å². The van der Waals surface area contributed by atoms with E-state index >= 15 is 0 Å². The van der Waals surface area contributed by atoms with Gasteiger partial charge in [-0.15, -0.1) is 11.3 Å². The average Bonchev–Trinajstić information content (AvgIpc) is 3.87. The molecule has 0 aliphatic heterocycles. The molecular formula is C52H35NS. The van der Waals surface area contributed by atoms with Gasteiger partial charge in [-0.25, -0.2) is 0 Å². The molecule has 0 spiro atoms. The maximum atomic E-state index is 2.44. The van der Waals surface area contributed by atoms with Gasteiger partial charge in [0.05, 0.1) is 0 Å². The maximum absolute atomic E-state index is 2.44. The summed E-state index contributed by atoms with van der Waals surface area (Å²) < 4.78 is 0. The summed E-state index contributed by atoms with van der Waals surface area (Å²) in [6.07, 6.45) is 13.7. The fourth-order valence-corrected chi connectivity index (χ4v) is 9.85. The molecule has 1 nitrogen and oxygen atoms in total. The Morgan fingerprint density at radius 3 is 1.91 bits per heavy atom. The third-order valence-corrected chi connectivity index (χ3v) is 12.7. The van der Waals surface area contributed by atoms with Crippen LogP contribution in [-0.4, -0.2) is 0 Å². The minimum absolute atomic E-state index is 0.351. The topological polar surface area (TPSA) is 3.24 Å². The molecule has 0 N–H and O–H groups in total. The van der Waals surface area contributed by atoms with Crippen LogP contribution in [0.3, 0.4) is 0 Å². The summed E-state index contributed by atoms with van der Waals surface area (Å²) in [6.45, 7) is 0. The highest BCUT2D eigenvalue weighted by Gasteiger charge is 2.39. The van der Waals surface area contributed by atoms with Crippen molar-refractivity contribution >= 4 is 55.5 Å². The normalized spacial score (nSPS) is 16.6. The summed E-state index contributed by atoms with van der Waals surface area (Å²) in [6, 6.07) is 60.4. The molecule has 0 saturated carbocycles. The first-order valence-corrected chi connectivity index (χ1v) is 19.6. The van der Waals surface area contributed by atoms with E-state index in [1.807, 2.05) is 11.3 Å². The Labute approximate surface area is 319 Å². The largest absolute Gasteiger partial charge is 0.310 e. The predicted molar refractivity (Wildman–Crippen MR) is 231 cm³/mol. The molecule has 0 amide bonds. The predicted octanol–water partition coefficient (Wildman–Crippen LogP) is 14.7. The van der Waals surface area contributed by atoms with Crippen LogP contribution >= 0.6 is 11.3 Å². The number of thiophene rings is 1. The van der Waals surface area contributed by atoms with Gasteiger partial charge in [0, 0.05) is 38.7 Å². The first kappa shape index (κ1) is 31.1. The number of fused-ring (bicyclic) bond motifs is 6. The van der Waals surface area contributed by atoms with E-state index in [0.717, 1.165) is 11.4 Å². The van der Waals surface area contributed by atoms with Crippen LogP contribution in [0.15, 0.2) is 206 Å². The van der Waals surface area contributed by atoms with E-state index < -0.39 is 0 Å². The Balaban J connectivity index is 0.989. The molecule has 1 heterocycles. The lowest BCUT2D eigenvalue weighted by Gasteiger charge is -2.27. The first-order valence-electron chi connectivity index (χ1n) is 18.7. The molecule has 3 aliphatic rings. The van der Waals surface area contributed by atoms with Crippen molar-refractivity contribution in [1.29, 1.82) is 0 Å². The zero-order chi connectivity index (χ0) is 35.6. The van der Waals surface area contributed by atoms with Crippen molar-refractivity contribution in [2.75, 3.05) is 4.90 Å². The van der Waals surface area contributed by atoms with Gasteiger partial charge in [0.1, 0.15) is 0 Å². The highest BCUT2D eigenvalue weighted by atomic mass is 32.1. The van der Waals surface area contributed by atoms with Gasteiger partial charge in [0.2, 0.25) is 0 Å². The monoisotopic (exact) mass is 705 g/mol. The van der Waals surface area contributed by atoms with Crippen LogP contribution in [-0.2, 0) is 0 Å². The summed E-state index contributed by atoms with van der Waals surface area (Å²) in [4.78, 5) is 4.98. The highest BCUT2D eigenvalue weighted by Crippen LogP contribution is 2.54. The van der Waals surface area contributed by atoms with E-state index in [0.29, 0.717) is 11.8 Å². The van der Waals surface area contributed by atoms with Gasteiger partial charge in [0.15, 0.2) is 0 Å². The molecule has 8 aromatic rings. The molecule has 1 aromatic heterocycles. The molecule has 2 unspecified atom stereocenters. The second-order valence-corrected chi connectivity index (χ2v) is 15.6. The van der Waals surface area contributed by atoms with Gasteiger partial charge in [0.25, 0.3) is 0 Å². The van der Waals surface area contributed by atoms with Gasteiger partial charge in [-0.1, -0.05) is 146 Å². The number of allylic oxidation sites excluding steroid dienone is 8. The van der Waals surface area contributed by atoms with Crippen molar-refractivity contribution in [2.24, 2.45) is 5.92 Å². The van der Waals surface area contributed by atoms with Gasteiger partial charge in [-0.3, -0.25) is 0 Å². The van der Waals surface area contributed by atoms with Crippen molar-refractivity contribution in [1.82, 2.24) is 0 Å². The lowest BCUT2D eigenvalue weighted by Crippen LogP contribution is -2.12. The summed E-state index contributed by atoms with van der Waals surface area (Å²) in [7, 11) is 0. The Morgan fingerprint density at radius 1 is 0.463 bits per heavy atom. The molecular weight excluding hydrogens is 671 g/mol. The Kier molecular flexibility index (Phi) is 7.24. The van der Waals surface area contributed by atoms with Crippen LogP contribution in [0.4, 0.5) is 17.1 Å². The van der Waals surface area contributed by atoms with Gasteiger partial charge in [-0.05, 0) is 121 Å². The van der Waals surface area contributed by atoms with Crippen LogP contribution in [0.25, 0.3) is 59.1 Å². The molecule has 7 aromatic carbocycles. The molecule has 0 saturated heterocycles. The van der Waals surface area contributed by atoms with Gasteiger partial charge < -0.3 is 4.90 Å². The molecule has 2 atom stereocenters. The smallest absolute Gasteiger partial charge is 0.0465 e. The van der Waals surface area contributed by atoms with Crippen molar-refractivity contribution in [3.63, 3.8) is 0 Å². The van der Waals surface area contributed by atoms with Gasteiger partial charge >= 0.3 is 0 Å². The number of rotatable bonds is 6. The molecule has 3 aliphatic carbocycles. The second kappa shape index (κ2) is 12.6. The lowest BCUT2D eigenvalue weighted by molar-refractivity contribution is 0.721. The fourth-order valence-electron chi connectivity index (χ4n) is 8.83. The highest BCUT2D eigenvalue weighted by molar-refractivity contribution is 7.18. The molecule has 0 radical (unpaired) electrons. The van der Waals surface area contributed by atoms with E-state index in [-0.39, 0.29) is 0 Å². The average molecular weight is 706 g/mol. The number of nitrogens with zero attached hydrogens (tertiary/aromatic N) is 1. The van der Waals surface area contributed by atoms with E-state index in [9.17, 15) is 0 Å². The van der Waals surface area contributed by atoms with Crippen LogP contribution < -0.4 is 4.90 Å². The third kappa shape index (κ3) is 5.14. The van der Waals surface area contributed by atoms with E-state index in [4.69, 9.17) is 0 Å². The molecule has 54 heavy (non-hydrogen) atoms. The molecule has 0 bridgehead atoms. The van der Waals surface area contributed by atoms with Crippen molar-refractivity contribution in [2.45, 2.75) is 5.92 Å². The lowest BCUT2D eigenvalue weighted by atomic mass is 9.79. The summed E-state index contributed by atoms with van der Waals surface area (Å²) in [5, 5.41) is 5.12. The van der Waals surface area contributed by atoms with Crippen molar-refractivity contribution < 1.29 is 0 Å². The first-order chi connectivity index (χ1) is 26.7. The fraction of sp³-hybridized carbons (Fsp3) is 0.0385. The molecule has 2 heteroatoms. The summed E-state index contributed by atoms with van der Waals surface area (Å²) in [5.41, 5.74) is 14.0. The number of hydrogen-bond donors (Lipinski definition) is 0. The second-order valence-electron chi connectivity index (χ2n) is 14.5. The molecule has 254 valence electrons. The number of hydrogen-bond acceptors (Lipinski definition) is 2. The minimum atomic E-state index is 0.351. The molecule has 11 rings (SSSR count). The van der Waals surface area contributed by atoms with Crippen molar-refractivity contribution in [3.05, 3.63) is 217 Å². The SMILES string of the molecule is C1=CC2=CC=CC3c4cc(N(c5ccc(-c6ccc7ccc8ccccc8c7c6)cc5)c5ccc(-c6ccc(-c7ccccc7)s6)cc5)ccc4C(=C1)C23. The Bertz CT molecular complexity index is 2870. The van der Waals surface area contributed by atoms with Crippen LogP contribution in [0, 0.1) is 5.92 Å². The Hall–Kier alpha value is -6.48. The summed E-state index contributed by atoms with van der Waals surface area (Å²) in [5.74, 6) is 0.757. The standard InChI is InChI=1S/C52H35NS/c1-2-9-37(10-3-1)50-30-31-51(54-50)38-22-26-42(27-23-38)53(43-28-29-45-46-14-6-11-39-12-7-15-47(52(39)46)49(45)33-43)41-24-20-34(21-25-41)40-19-18-36-17-16-35-8-4-5-13-44(35)48(36)32-40/h1-33,47,52H.